The molecule has 3 heteroatoms. The summed E-state index contributed by atoms with van der Waals surface area (Å²) < 4.78 is 10.1. The summed E-state index contributed by atoms with van der Waals surface area (Å²) in [6, 6.07) is 0. The third kappa shape index (κ3) is 3.29. The number of hydrogen-bond acceptors (Lipinski definition) is 3. The summed E-state index contributed by atoms with van der Waals surface area (Å²) in [4.78, 5) is 11.4. The van der Waals surface area contributed by atoms with Crippen molar-refractivity contribution in [3.8, 4) is 0 Å². The van der Waals surface area contributed by atoms with Crippen molar-refractivity contribution in [1.29, 1.82) is 0 Å². The van der Waals surface area contributed by atoms with Crippen LogP contribution in [0.4, 0.5) is 0 Å². The Morgan fingerprint density at radius 3 is 2.64 bits per heavy atom. The first-order chi connectivity index (χ1) is 6.69. The summed E-state index contributed by atoms with van der Waals surface area (Å²) in [5.74, 6) is -0.0453. The zero-order valence-corrected chi connectivity index (χ0v) is 9.29. The van der Waals surface area contributed by atoms with Gasteiger partial charge >= 0.3 is 5.97 Å². The molecule has 3 nitrogen and oxygen atoms in total. The zero-order valence-electron chi connectivity index (χ0n) is 9.29. The van der Waals surface area contributed by atoms with Crippen molar-refractivity contribution in [1.82, 2.24) is 0 Å². The molecule has 0 aliphatic carbocycles. The first-order valence-electron chi connectivity index (χ1n) is 5.42. The molecule has 0 aromatic heterocycles. The normalized spacial score (nSPS) is 27.1. The highest BCUT2D eigenvalue weighted by Crippen LogP contribution is 2.30. The van der Waals surface area contributed by atoms with Gasteiger partial charge in [0.25, 0.3) is 0 Å². The van der Waals surface area contributed by atoms with Crippen molar-refractivity contribution in [2.45, 2.75) is 51.7 Å². The Labute approximate surface area is 85.8 Å². The molecule has 3 unspecified atom stereocenters. The van der Waals surface area contributed by atoms with Gasteiger partial charge in [-0.3, -0.25) is 4.79 Å². The molecular formula is C11H20O3. The first-order valence-corrected chi connectivity index (χ1v) is 5.42. The zero-order chi connectivity index (χ0) is 10.6. The van der Waals surface area contributed by atoms with Crippen LogP contribution in [0.15, 0.2) is 0 Å². The van der Waals surface area contributed by atoms with Gasteiger partial charge in [-0.05, 0) is 19.8 Å². The second kappa shape index (κ2) is 5.35. The predicted octanol–water partition coefficient (Wildman–Crippen LogP) is 2.14. The van der Waals surface area contributed by atoms with Crippen molar-refractivity contribution < 1.29 is 14.3 Å². The highest BCUT2D eigenvalue weighted by Gasteiger charge is 2.37. The van der Waals surface area contributed by atoms with Gasteiger partial charge in [0.1, 0.15) is 0 Å². The van der Waals surface area contributed by atoms with E-state index in [-0.39, 0.29) is 18.0 Å². The van der Waals surface area contributed by atoms with Crippen LogP contribution in [-0.4, -0.2) is 25.3 Å². The molecule has 0 radical (unpaired) electrons. The van der Waals surface area contributed by atoms with Gasteiger partial charge in [0.05, 0.1) is 25.2 Å². The van der Waals surface area contributed by atoms with E-state index in [0.29, 0.717) is 6.10 Å². The minimum Gasteiger partial charge on any atom is -0.469 e. The van der Waals surface area contributed by atoms with E-state index in [9.17, 15) is 4.79 Å². The summed E-state index contributed by atoms with van der Waals surface area (Å²) >= 11 is 0. The topological polar surface area (TPSA) is 38.8 Å². The molecule has 0 N–H and O–H groups in total. The number of methoxy groups -OCH3 is 1. The molecule has 1 aliphatic heterocycles. The van der Waals surface area contributed by atoms with Crippen LogP contribution in [0, 0.1) is 5.92 Å². The number of carbonyl (C=O) groups excluding carboxylic acids is 1. The molecule has 14 heavy (non-hydrogen) atoms. The van der Waals surface area contributed by atoms with E-state index in [0.717, 1.165) is 25.7 Å². The van der Waals surface area contributed by atoms with Gasteiger partial charge in [0, 0.05) is 0 Å². The second-order valence-corrected chi connectivity index (χ2v) is 3.98. The van der Waals surface area contributed by atoms with E-state index in [2.05, 4.69) is 6.92 Å². The number of rotatable bonds is 6. The van der Waals surface area contributed by atoms with Crippen LogP contribution >= 0.6 is 0 Å². The van der Waals surface area contributed by atoms with Gasteiger partial charge in [0.15, 0.2) is 0 Å². The lowest BCUT2D eigenvalue weighted by Crippen LogP contribution is -2.18. The molecule has 0 aromatic carbocycles. The van der Waals surface area contributed by atoms with E-state index in [1.54, 1.807) is 0 Å². The van der Waals surface area contributed by atoms with Gasteiger partial charge in [0.2, 0.25) is 0 Å². The SMILES string of the molecule is CCCCC(CC1OC1C)C(=O)OC. The molecule has 0 bridgehead atoms. The smallest absolute Gasteiger partial charge is 0.308 e. The van der Waals surface area contributed by atoms with Crippen LogP contribution in [0.2, 0.25) is 0 Å². The van der Waals surface area contributed by atoms with E-state index in [4.69, 9.17) is 9.47 Å². The summed E-state index contributed by atoms with van der Waals surface area (Å²) in [5, 5.41) is 0. The van der Waals surface area contributed by atoms with Gasteiger partial charge < -0.3 is 9.47 Å². The van der Waals surface area contributed by atoms with Crippen molar-refractivity contribution in [2.24, 2.45) is 5.92 Å². The molecule has 1 heterocycles. The maximum Gasteiger partial charge on any atom is 0.308 e. The minimum absolute atomic E-state index is 0.0369. The highest BCUT2D eigenvalue weighted by molar-refractivity contribution is 5.72. The van der Waals surface area contributed by atoms with Crippen LogP contribution in [0.5, 0.6) is 0 Å². The molecule has 3 atom stereocenters. The van der Waals surface area contributed by atoms with Crippen LogP contribution in [0.3, 0.4) is 0 Å². The number of ether oxygens (including phenoxy) is 2. The highest BCUT2D eigenvalue weighted by atomic mass is 16.6. The maximum absolute atomic E-state index is 11.4. The quantitative estimate of drug-likeness (QED) is 0.487. The van der Waals surface area contributed by atoms with E-state index in [1.165, 1.54) is 7.11 Å². The molecule has 0 amide bonds. The van der Waals surface area contributed by atoms with Gasteiger partial charge in [-0.1, -0.05) is 19.8 Å². The molecule has 0 aromatic rings. The molecule has 1 saturated heterocycles. The first kappa shape index (κ1) is 11.5. The summed E-state index contributed by atoms with van der Waals surface area (Å²) in [7, 11) is 1.46. The third-order valence-corrected chi connectivity index (χ3v) is 2.79. The fourth-order valence-corrected chi connectivity index (χ4v) is 1.71. The second-order valence-electron chi connectivity index (χ2n) is 3.98. The molecule has 0 saturated carbocycles. The van der Waals surface area contributed by atoms with Gasteiger partial charge in [-0.15, -0.1) is 0 Å². The van der Waals surface area contributed by atoms with Crippen LogP contribution in [0.1, 0.15) is 39.5 Å². The van der Waals surface area contributed by atoms with Gasteiger partial charge in [-0.2, -0.15) is 0 Å². The lowest BCUT2D eigenvalue weighted by Gasteiger charge is -2.12. The van der Waals surface area contributed by atoms with Crippen LogP contribution in [0.25, 0.3) is 0 Å². The molecule has 0 spiro atoms. The van der Waals surface area contributed by atoms with Crippen molar-refractivity contribution in [3.63, 3.8) is 0 Å². The summed E-state index contributed by atoms with van der Waals surface area (Å²) in [5.41, 5.74) is 0. The fraction of sp³-hybridized carbons (Fsp3) is 0.909. The monoisotopic (exact) mass is 200 g/mol. The molecular weight excluding hydrogens is 180 g/mol. The maximum atomic E-state index is 11.4. The Morgan fingerprint density at radius 2 is 2.21 bits per heavy atom. The fourth-order valence-electron chi connectivity index (χ4n) is 1.71. The summed E-state index contributed by atoms with van der Waals surface area (Å²) in [6.07, 6.45) is 4.58. The lowest BCUT2D eigenvalue weighted by molar-refractivity contribution is -0.146. The van der Waals surface area contributed by atoms with E-state index >= 15 is 0 Å². The number of epoxide rings is 1. The Bertz CT molecular complexity index is 191. The number of carbonyl (C=O) groups is 1. The molecule has 82 valence electrons. The lowest BCUT2D eigenvalue weighted by atomic mass is 9.96. The Morgan fingerprint density at radius 1 is 1.57 bits per heavy atom. The van der Waals surface area contributed by atoms with Crippen LogP contribution < -0.4 is 0 Å². The van der Waals surface area contributed by atoms with Crippen molar-refractivity contribution >= 4 is 5.97 Å². The van der Waals surface area contributed by atoms with E-state index < -0.39 is 0 Å². The Hall–Kier alpha value is -0.570. The largest absolute Gasteiger partial charge is 0.469 e. The number of esters is 1. The van der Waals surface area contributed by atoms with Crippen molar-refractivity contribution in [3.05, 3.63) is 0 Å². The average Bonchev–Trinajstić information content (AvgIpc) is 2.87. The molecule has 1 fully saturated rings. The Balaban J connectivity index is 2.31. The van der Waals surface area contributed by atoms with Crippen molar-refractivity contribution in [2.75, 3.05) is 7.11 Å². The standard InChI is InChI=1S/C11H20O3/c1-4-5-6-9(11(12)13-3)7-10-8(2)14-10/h8-10H,4-7H2,1-3H3. The molecule has 1 rings (SSSR count). The molecule has 1 aliphatic rings. The Kier molecular flexibility index (Phi) is 4.39. The minimum atomic E-state index is -0.0823. The number of unbranched alkanes of at least 4 members (excludes halogenated alkanes) is 1. The predicted molar refractivity (Wildman–Crippen MR) is 54.0 cm³/mol. The van der Waals surface area contributed by atoms with Gasteiger partial charge in [-0.25, -0.2) is 0 Å². The number of hydrogen-bond donors (Lipinski definition) is 0. The average molecular weight is 200 g/mol. The van der Waals surface area contributed by atoms with Crippen LogP contribution in [-0.2, 0) is 14.3 Å². The van der Waals surface area contributed by atoms with E-state index in [1.807, 2.05) is 6.92 Å². The third-order valence-electron chi connectivity index (χ3n) is 2.79. The summed E-state index contributed by atoms with van der Waals surface area (Å²) in [6.45, 7) is 4.17.